The number of nitrogens with zero attached hydrogens (tertiary/aromatic N) is 1. The molecule has 1 aromatic heterocycles. The number of nitrogens with two attached hydrogens (primary N) is 1. The summed E-state index contributed by atoms with van der Waals surface area (Å²) in [6, 6.07) is 14.2. The molecule has 3 rings (SSSR count). The van der Waals surface area contributed by atoms with Crippen LogP contribution in [0.2, 0.25) is 0 Å². The van der Waals surface area contributed by atoms with Crippen molar-refractivity contribution in [2.24, 2.45) is 5.73 Å². The summed E-state index contributed by atoms with van der Waals surface area (Å²) < 4.78 is 0. The quantitative estimate of drug-likeness (QED) is 0.889. The number of thiophene rings is 1. The van der Waals surface area contributed by atoms with E-state index in [4.69, 9.17) is 5.73 Å². The topological polar surface area (TPSA) is 46.3 Å². The molecular weight excluding hydrogens is 280 g/mol. The summed E-state index contributed by atoms with van der Waals surface area (Å²) in [5.74, 6) is 0.169. The highest BCUT2D eigenvalue weighted by Gasteiger charge is 2.33. The van der Waals surface area contributed by atoms with Gasteiger partial charge in [-0.25, -0.2) is 0 Å². The fraction of sp³-hybridized carbons (Fsp3) is 0.353. The maximum absolute atomic E-state index is 12.6. The van der Waals surface area contributed by atoms with Gasteiger partial charge in [0, 0.05) is 23.4 Å². The molecular formula is C17H20N2OS. The van der Waals surface area contributed by atoms with Gasteiger partial charge in [-0.3, -0.25) is 4.79 Å². The third kappa shape index (κ3) is 3.71. The summed E-state index contributed by atoms with van der Waals surface area (Å²) >= 11 is 1.70. The largest absolute Gasteiger partial charge is 0.335 e. The molecule has 0 unspecified atom stereocenters. The van der Waals surface area contributed by atoms with Crippen LogP contribution < -0.4 is 5.73 Å². The van der Waals surface area contributed by atoms with Gasteiger partial charge in [0.05, 0.1) is 6.54 Å². The smallest absolute Gasteiger partial charge is 0.225 e. The molecule has 1 aromatic carbocycles. The lowest BCUT2D eigenvalue weighted by atomic mass is 10.0. The highest BCUT2D eigenvalue weighted by atomic mass is 32.1. The van der Waals surface area contributed by atoms with Crippen LogP contribution in [0.3, 0.4) is 0 Å². The molecule has 1 saturated carbocycles. The molecule has 1 atom stereocenters. The molecule has 2 N–H and O–H groups in total. The van der Waals surface area contributed by atoms with E-state index in [9.17, 15) is 4.79 Å². The molecule has 1 fully saturated rings. The third-order valence-corrected chi connectivity index (χ3v) is 4.70. The second-order valence-electron chi connectivity index (χ2n) is 5.55. The molecule has 1 amide bonds. The SMILES string of the molecule is N[C@H](CC(=O)N(Cc1cccs1)C1CC1)c1ccccc1. The van der Waals surface area contributed by atoms with E-state index < -0.39 is 0 Å². The van der Waals surface area contributed by atoms with E-state index in [1.807, 2.05) is 41.3 Å². The van der Waals surface area contributed by atoms with Crippen LogP contribution in [0.4, 0.5) is 0 Å². The minimum atomic E-state index is -0.219. The predicted molar refractivity (Wildman–Crippen MR) is 85.9 cm³/mol. The van der Waals surface area contributed by atoms with Crippen molar-refractivity contribution >= 4 is 17.2 Å². The molecule has 0 bridgehead atoms. The van der Waals surface area contributed by atoms with Crippen LogP contribution >= 0.6 is 11.3 Å². The highest BCUT2D eigenvalue weighted by molar-refractivity contribution is 7.09. The van der Waals surface area contributed by atoms with Crippen LogP contribution in [-0.2, 0) is 11.3 Å². The van der Waals surface area contributed by atoms with E-state index in [-0.39, 0.29) is 11.9 Å². The summed E-state index contributed by atoms with van der Waals surface area (Å²) in [7, 11) is 0. The van der Waals surface area contributed by atoms with Gasteiger partial charge >= 0.3 is 0 Å². The Bertz CT molecular complexity index is 578. The Balaban J connectivity index is 1.64. The Labute approximate surface area is 129 Å². The maximum Gasteiger partial charge on any atom is 0.225 e. The van der Waals surface area contributed by atoms with Crippen molar-refractivity contribution in [3.63, 3.8) is 0 Å². The lowest BCUT2D eigenvalue weighted by Crippen LogP contribution is -2.34. The van der Waals surface area contributed by atoms with Crippen molar-refractivity contribution in [1.82, 2.24) is 4.90 Å². The van der Waals surface area contributed by atoms with Gasteiger partial charge in [0.2, 0.25) is 5.91 Å². The van der Waals surface area contributed by atoms with Gasteiger partial charge in [-0.05, 0) is 29.9 Å². The molecule has 3 nitrogen and oxygen atoms in total. The summed E-state index contributed by atoms with van der Waals surface area (Å²) in [5.41, 5.74) is 7.21. The van der Waals surface area contributed by atoms with Crippen LogP contribution in [0.5, 0.6) is 0 Å². The molecule has 0 radical (unpaired) electrons. The molecule has 0 saturated heterocycles. The van der Waals surface area contributed by atoms with Crippen molar-refractivity contribution in [3.8, 4) is 0 Å². The fourth-order valence-corrected chi connectivity index (χ4v) is 3.20. The summed E-state index contributed by atoms with van der Waals surface area (Å²) in [6.07, 6.45) is 2.63. The normalized spacial score (nSPS) is 15.7. The van der Waals surface area contributed by atoms with E-state index in [1.165, 1.54) is 4.88 Å². The molecule has 1 aliphatic rings. The Morgan fingerprint density at radius 3 is 2.62 bits per heavy atom. The fourth-order valence-electron chi connectivity index (χ4n) is 2.50. The first kappa shape index (κ1) is 14.3. The van der Waals surface area contributed by atoms with Crippen molar-refractivity contribution in [2.75, 3.05) is 0 Å². The molecule has 21 heavy (non-hydrogen) atoms. The Morgan fingerprint density at radius 1 is 1.24 bits per heavy atom. The second-order valence-corrected chi connectivity index (χ2v) is 6.59. The zero-order valence-corrected chi connectivity index (χ0v) is 12.8. The summed E-state index contributed by atoms with van der Waals surface area (Å²) in [5, 5.41) is 2.06. The average molecular weight is 300 g/mol. The summed E-state index contributed by atoms with van der Waals surface area (Å²) in [6.45, 7) is 0.725. The molecule has 2 aromatic rings. The van der Waals surface area contributed by atoms with Gasteiger partial charge in [-0.2, -0.15) is 0 Å². The van der Waals surface area contributed by atoms with E-state index in [0.717, 1.165) is 24.9 Å². The van der Waals surface area contributed by atoms with Crippen LogP contribution in [0.15, 0.2) is 47.8 Å². The van der Waals surface area contributed by atoms with Gasteiger partial charge < -0.3 is 10.6 Å². The van der Waals surface area contributed by atoms with Crippen molar-refractivity contribution < 1.29 is 4.79 Å². The van der Waals surface area contributed by atoms with Crippen molar-refractivity contribution in [2.45, 2.75) is 37.9 Å². The summed E-state index contributed by atoms with van der Waals surface area (Å²) in [4.78, 5) is 15.8. The number of carbonyl (C=O) groups is 1. The van der Waals surface area contributed by atoms with Crippen LogP contribution in [0.25, 0.3) is 0 Å². The maximum atomic E-state index is 12.6. The number of rotatable bonds is 6. The Kier molecular flexibility index (Phi) is 4.36. The van der Waals surface area contributed by atoms with E-state index in [1.54, 1.807) is 11.3 Å². The first-order chi connectivity index (χ1) is 10.2. The van der Waals surface area contributed by atoms with Gasteiger partial charge in [0.15, 0.2) is 0 Å². The van der Waals surface area contributed by atoms with E-state index in [0.29, 0.717) is 12.5 Å². The molecule has 4 heteroatoms. The molecule has 110 valence electrons. The monoisotopic (exact) mass is 300 g/mol. The first-order valence-corrected chi connectivity index (χ1v) is 8.24. The number of carbonyl (C=O) groups excluding carboxylic acids is 1. The second kappa shape index (κ2) is 6.41. The molecule has 0 aliphatic heterocycles. The van der Waals surface area contributed by atoms with Crippen LogP contribution in [0, 0.1) is 0 Å². The lowest BCUT2D eigenvalue weighted by Gasteiger charge is -2.23. The van der Waals surface area contributed by atoms with Crippen molar-refractivity contribution in [3.05, 3.63) is 58.3 Å². The number of benzene rings is 1. The molecule has 1 heterocycles. The van der Waals surface area contributed by atoms with Gasteiger partial charge in [0.1, 0.15) is 0 Å². The first-order valence-electron chi connectivity index (χ1n) is 7.36. The van der Waals surface area contributed by atoms with E-state index >= 15 is 0 Å². The predicted octanol–water partition coefficient (Wildman–Crippen LogP) is 3.33. The van der Waals surface area contributed by atoms with Gasteiger partial charge in [-0.15, -0.1) is 11.3 Å². The molecule has 1 aliphatic carbocycles. The standard InChI is InChI=1S/C17H20N2OS/c18-16(13-5-2-1-3-6-13)11-17(20)19(14-8-9-14)12-15-7-4-10-21-15/h1-7,10,14,16H,8-9,11-12,18H2/t16-/m1/s1. The molecule has 0 spiro atoms. The average Bonchev–Trinajstić information content (AvgIpc) is 3.21. The number of hydrogen-bond acceptors (Lipinski definition) is 3. The lowest BCUT2D eigenvalue weighted by molar-refractivity contribution is -0.132. The van der Waals surface area contributed by atoms with Gasteiger partial charge in [-0.1, -0.05) is 36.4 Å². The number of amides is 1. The Hall–Kier alpha value is -1.65. The van der Waals surface area contributed by atoms with Crippen molar-refractivity contribution in [1.29, 1.82) is 0 Å². The zero-order chi connectivity index (χ0) is 14.7. The van der Waals surface area contributed by atoms with Gasteiger partial charge in [0.25, 0.3) is 0 Å². The zero-order valence-electron chi connectivity index (χ0n) is 11.9. The number of hydrogen-bond donors (Lipinski definition) is 1. The van der Waals surface area contributed by atoms with Crippen LogP contribution in [-0.4, -0.2) is 16.8 Å². The Morgan fingerprint density at radius 2 is 2.00 bits per heavy atom. The van der Waals surface area contributed by atoms with E-state index in [2.05, 4.69) is 11.4 Å². The third-order valence-electron chi connectivity index (χ3n) is 3.84. The minimum absolute atomic E-state index is 0.169. The highest BCUT2D eigenvalue weighted by Crippen LogP contribution is 2.30. The minimum Gasteiger partial charge on any atom is -0.335 e. The van der Waals surface area contributed by atoms with Crippen LogP contribution in [0.1, 0.15) is 35.7 Å².